The van der Waals surface area contributed by atoms with Gasteiger partial charge in [-0.25, -0.2) is 39.1 Å². The Bertz CT molecular complexity index is 1950. The second kappa shape index (κ2) is 14.3. The third-order valence-corrected chi connectivity index (χ3v) is 9.22. The topological polar surface area (TPSA) is 186 Å². The molecule has 0 unspecified atom stereocenters. The van der Waals surface area contributed by atoms with Gasteiger partial charge in [0.25, 0.3) is 0 Å². The van der Waals surface area contributed by atoms with Gasteiger partial charge >= 0.3 is 24.0 Å². The molecule has 4 bridgehead atoms. The Morgan fingerprint density at radius 2 is 1.20 bits per heavy atom. The summed E-state index contributed by atoms with van der Waals surface area (Å²) in [5.74, 6) is 0.159. The number of rotatable bonds is 4. The van der Waals surface area contributed by atoms with Crippen LogP contribution in [0, 0.1) is 0 Å². The predicted molar refractivity (Wildman–Crippen MR) is 189 cm³/mol. The Labute approximate surface area is 293 Å². The number of amides is 4. The van der Waals surface area contributed by atoms with E-state index in [4.69, 9.17) is 4.74 Å². The molecule has 4 amide bonds. The number of carbonyl (C=O) groups excluding carboxylic acids is 3. The first kappa shape index (κ1) is 33.2. The van der Waals surface area contributed by atoms with Crippen LogP contribution in [0.25, 0.3) is 0 Å². The summed E-state index contributed by atoms with van der Waals surface area (Å²) in [4.78, 5) is 73.6. The van der Waals surface area contributed by atoms with Crippen LogP contribution < -0.4 is 30.2 Å². The van der Waals surface area contributed by atoms with Crippen molar-refractivity contribution in [3.05, 3.63) is 84.4 Å². The molecule has 51 heavy (non-hydrogen) atoms. The van der Waals surface area contributed by atoms with Crippen LogP contribution in [0.4, 0.5) is 44.2 Å². The number of carbonyl (C=O) groups is 4. The zero-order chi connectivity index (χ0) is 35.5. The lowest BCUT2D eigenvalue weighted by Gasteiger charge is -2.45. The number of fused-ring (bicyclic) bond motifs is 8. The van der Waals surface area contributed by atoms with Gasteiger partial charge in [-0.05, 0) is 74.2 Å². The number of aromatic nitrogens is 4. The summed E-state index contributed by atoms with van der Waals surface area (Å²) in [6, 6.07) is 16.6. The van der Waals surface area contributed by atoms with Crippen molar-refractivity contribution in [3.63, 3.8) is 0 Å². The molecule has 4 aliphatic rings. The number of hydrogen-bond acceptors (Lipinski definition) is 11. The van der Waals surface area contributed by atoms with Crippen LogP contribution in [0.5, 0.6) is 0 Å². The fourth-order valence-corrected chi connectivity index (χ4v) is 6.92. The fraction of sp³-hybridized carbons (Fsp3) is 0.314. The SMILES string of the molecule is COC(=O)c1ccc2c(n1)N(C(=O)Nc1ccccn1)[C@H]1CCCN2C1.O=C(O)c1ccc2c(n1)N(C(=O)Nc1ccccn1)[C@H]1CCCN2C1. The average Bonchev–Trinajstić information content (AvgIpc) is 3.15. The van der Waals surface area contributed by atoms with Crippen molar-refractivity contribution >= 4 is 58.6 Å². The van der Waals surface area contributed by atoms with E-state index < -0.39 is 11.9 Å². The third-order valence-electron chi connectivity index (χ3n) is 9.22. The summed E-state index contributed by atoms with van der Waals surface area (Å²) < 4.78 is 4.77. The Morgan fingerprint density at radius 3 is 1.65 bits per heavy atom. The van der Waals surface area contributed by atoms with Crippen LogP contribution >= 0.6 is 0 Å². The number of piperidine rings is 2. The number of aromatic carboxylic acids is 1. The molecule has 4 aromatic heterocycles. The Hall–Kier alpha value is -6.32. The van der Waals surface area contributed by atoms with Gasteiger partial charge in [-0.2, -0.15) is 0 Å². The maximum absolute atomic E-state index is 13.0. The zero-order valence-electron chi connectivity index (χ0n) is 27.8. The smallest absolute Gasteiger partial charge is 0.356 e. The Morgan fingerprint density at radius 1 is 0.706 bits per heavy atom. The quantitative estimate of drug-likeness (QED) is 0.255. The predicted octanol–water partition coefficient (Wildman–Crippen LogP) is 4.48. The second-order valence-corrected chi connectivity index (χ2v) is 12.4. The fourth-order valence-electron chi connectivity index (χ4n) is 6.92. The first-order chi connectivity index (χ1) is 24.8. The molecule has 2 atom stereocenters. The van der Waals surface area contributed by atoms with Gasteiger partial charge in [-0.3, -0.25) is 20.4 Å². The highest BCUT2D eigenvalue weighted by molar-refractivity contribution is 6.05. The van der Waals surface area contributed by atoms with Crippen LogP contribution in [0.2, 0.25) is 0 Å². The van der Waals surface area contributed by atoms with Crippen molar-refractivity contribution in [2.75, 3.05) is 63.5 Å². The number of nitrogens with one attached hydrogen (secondary N) is 2. The molecule has 16 heteroatoms. The number of pyridine rings is 4. The summed E-state index contributed by atoms with van der Waals surface area (Å²) in [6.45, 7) is 3.27. The molecule has 262 valence electrons. The summed E-state index contributed by atoms with van der Waals surface area (Å²) in [5.41, 5.74) is 1.75. The molecule has 0 radical (unpaired) electrons. The number of ether oxygens (including phenoxy) is 1. The number of hydrogen-bond donors (Lipinski definition) is 3. The summed E-state index contributed by atoms with van der Waals surface area (Å²) in [6.07, 6.45) is 6.92. The standard InChI is InChI=1S/C18H19N5O3.C17H17N5O3/c1-26-17(24)13-7-8-14-16(20-13)23(12-5-4-10-22(14)11-12)18(25)21-15-6-2-3-9-19-15;23-16(24)12-6-7-13-15(19-12)22(11-4-3-9-21(13)10-11)17(25)20-14-5-1-2-8-18-14/h2-3,6-9,12H,4-5,10-11H2,1H3,(H,19,21,25);1-2,5-8,11H,3-4,9-10H2,(H,23,24)(H,18,20,25)/t12-;11-/m00/s1. The van der Waals surface area contributed by atoms with Gasteiger partial charge in [0.15, 0.2) is 23.0 Å². The number of carboxylic acid groups (broad SMARTS) is 1. The molecule has 0 aliphatic carbocycles. The third kappa shape index (κ3) is 6.79. The van der Waals surface area contributed by atoms with Crippen molar-refractivity contribution in [1.29, 1.82) is 0 Å². The molecule has 8 heterocycles. The van der Waals surface area contributed by atoms with Crippen LogP contribution in [0.3, 0.4) is 0 Å². The molecule has 8 rings (SSSR count). The van der Waals surface area contributed by atoms with Crippen molar-refractivity contribution in [3.8, 4) is 0 Å². The van der Waals surface area contributed by atoms with E-state index in [-0.39, 0.29) is 35.5 Å². The monoisotopic (exact) mass is 692 g/mol. The first-order valence-corrected chi connectivity index (χ1v) is 16.7. The molecule has 16 nitrogen and oxygen atoms in total. The Balaban J connectivity index is 0.000000159. The molecule has 0 aromatic carbocycles. The van der Waals surface area contributed by atoms with E-state index in [1.807, 2.05) is 12.1 Å². The van der Waals surface area contributed by atoms with Crippen molar-refractivity contribution < 1.29 is 29.0 Å². The number of carboxylic acids is 1. The zero-order valence-corrected chi connectivity index (χ0v) is 27.8. The lowest BCUT2D eigenvalue weighted by molar-refractivity contribution is 0.0593. The lowest BCUT2D eigenvalue weighted by Crippen LogP contribution is -2.56. The van der Waals surface area contributed by atoms with Gasteiger partial charge in [-0.1, -0.05) is 12.1 Å². The van der Waals surface area contributed by atoms with Gasteiger partial charge in [0, 0.05) is 38.6 Å². The molecule has 0 saturated carbocycles. The summed E-state index contributed by atoms with van der Waals surface area (Å²) in [5, 5.41) is 14.8. The average molecular weight is 693 g/mol. The molecule has 4 aromatic rings. The number of anilines is 6. The highest BCUT2D eigenvalue weighted by atomic mass is 16.5. The normalized spacial score (nSPS) is 18.3. The van der Waals surface area contributed by atoms with E-state index >= 15 is 0 Å². The minimum Gasteiger partial charge on any atom is -0.477 e. The Kier molecular flexibility index (Phi) is 9.28. The number of urea groups is 2. The van der Waals surface area contributed by atoms with E-state index in [1.54, 1.807) is 64.7 Å². The van der Waals surface area contributed by atoms with Crippen LogP contribution in [-0.2, 0) is 4.74 Å². The number of esters is 1. The van der Waals surface area contributed by atoms with Crippen molar-refractivity contribution in [2.24, 2.45) is 0 Å². The molecule has 2 fully saturated rings. The maximum atomic E-state index is 13.0. The number of nitrogens with zero attached hydrogens (tertiary/aromatic N) is 8. The van der Waals surface area contributed by atoms with Gasteiger partial charge in [0.1, 0.15) is 11.6 Å². The molecule has 0 spiro atoms. The maximum Gasteiger partial charge on any atom is 0.356 e. The van der Waals surface area contributed by atoms with E-state index in [9.17, 15) is 24.3 Å². The van der Waals surface area contributed by atoms with Crippen LogP contribution in [0.15, 0.2) is 73.1 Å². The van der Waals surface area contributed by atoms with Crippen molar-refractivity contribution in [1.82, 2.24) is 19.9 Å². The molecular formula is C35H36N10O6. The van der Waals surface area contributed by atoms with Gasteiger partial charge in [0.05, 0.1) is 30.6 Å². The van der Waals surface area contributed by atoms with Crippen LogP contribution in [-0.4, -0.2) is 94.4 Å². The minimum absolute atomic E-state index is 0.000333. The van der Waals surface area contributed by atoms with E-state index in [0.29, 0.717) is 23.3 Å². The molecular weight excluding hydrogens is 656 g/mol. The van der Waals surface area contributed by atoms with E-state index in [1.165, 1.54) is 13.2 Å². The lowest BCUT2D eigenvalue weighted by atomic mass is 10.00. The highest BCUT2D eigenvalue weighted by Gasteiger charge is 2.40. The molecule has 4 aliphatic heterocycles. The van der Waals surface area contributed by atoms with Crippen molar-refractivity contribution in [2.45, 2.75) is 37.8 Å². The molecule has 3 N–H and O–H groups in total. The van der Waals surface area contributed by atoms with Gasteiger partial charge < -0.3 is 19.6 Å². The minimum atomic E-state index is -1.11. The van der Waals surface area contributed by atoms with Crippen LogP contribution in [0.1, 0.15) is 46.7 Å². The van der Waals surface area contributed by atoms with E-state index in [2.05, 4.69) is 40.4 Å². The first-order valence-electron chi connectivity index (χ1n) is 16.7. The number of methoxy groups -OCH3 is 1. The van der Waals surface area contributed by atoms with E-state index in [0.717, 1.165) is 63.2 Å². The summed E-state index contributed by atoms with van der Waals surface area (Å²) in [7, 11) is 1.31. The summed E-state index contributed by atoms with van der Waals surface area (Å²) >= 11 is 0. The molecule has 2 saturated heterocycles. The highest BCUT2D eigenvalue weighted by Crippen LogP contribution is 2.39. The largest absolute Gasteiger partial charge is 0.477 e. The second-order valence-electron chi connectivity index (χ2n) is 12.4. The van der Waals surface area contributed by atoms with Gasteiger partial charge in [0.2, 0.25) is 0 Å². The van der Waals surface area contributed by atoms with Gasteiger partial charge in [-0.15, -0.1) is 0 Å².